The van der Waals surface area contributed by atoms with Crippen LogP contribution in [-0.2, 0) is 0 Å². The number of benzene rings is 1. The van der Waals surface area contributed by atoms with Gasteiger partial charge in [-0.15, -0.1) is 11.3 Å². The Kier molecular flexibility index (Phi) is 1.65. The Morgan fingerprint density at radius 3 is 2.67 bits per heavy atom. The molecule has 2 aromatic rings. The van der Waals surface area contributed by atoms with Crippen LogP contribution in [0.1, 0.15) is 10.4 Å². The summed E-state index contributed by atoms with van der Waals surface area (Å²) in [5, 5.41) is 0.792. The number of halogens is 1. The van der Waals surface area contributed by atoms with Crippen LogP contribution in [0.15, 0.2) is 18.2 Å². The van der Waals surface area contributed by atoms with Crippen molar-refractivity contribution in [2.45, 2.75) is 13.8 Å². The Balaban J connectivity index is 2.97. The van der Waals surface area contributed by atoms with E-state index in [0.29, 0.717) is 0 Å². The first kappa shape index (κ1) is 7.74. The molecule has 0 unspecified atom stereocenters. The van der Waals surface area contributed by atoms with E-state index >= 15 is 0 Å². The molecule has 0 amide bonds. The summed E-state index contributed by atoms with van der Waals surface area (Å²) in [4.78, 5) is 1.20. The predicted octanol–water partition coefficient (Wildman–Crippen LogP) is 3.66. The summed E-state index contributed by atoms with van der Waals surface area (Å²) in [5.74, 6) is -0.102. The summed E-state index contributed by atoms with van der Waals surface area (Å²) in [6.07, 6.45) is 0. The number of hydrogen-bond donors (Lipinski definition) is 0. The fraction of sp³-hybridized carbons (Fsp3) is 0.200. The maximum atomic E-state index is 13.3. The number of aryl methyl sites for hydroxylation is 2. The summed E-state index contributed by atoms with van der Waals surface area (Å²) in [7, 11) is 0. The molecule has 0 fully saturated rings. The van der Waals surface area contributed by atoms with E-state index in [1.165, 1.54) is 10.9 Å². The molecule has 0 aliphatic carbocycles. The lowest BCUT2D eigenvalue weighted by molar-refractivity contribution is 0.639. The second-order valence-corrected chi connectivity index (χ2v) is 4.15. The highest BCUT2D eigenvalue weighted by atomic mass is 32.1. The van der Waals surface area contributed by atoms with Gasteiger partial charge < -0.3 is 0 Å². The molecule has 0 atom stereocenters. The number of hydrogen-bond acceptors (Lipinski definition) is 1. The molecule has 0 saturated carbocycles. The summed E-state index contributed by atoms with van der Waals surface area (Å²) in [6, 6.07) is 5.23. The van der Waals surface area contributed by atoms with Crippen molar-refractivity contribution >= 4 is 21.4 Å². The van der Waals surface area contributed by atoms with Gasteiger partial charge in [-0.2, -0.15) is 0 Å². The van der Waals surface area contributed by atoms with Gasteiger partial charge in [0.05, 0.1) is 0 Å². The van der Waals surface area contributed by atoms with Crippen LogP contribution in [0, 0.1) is 19.7 Å². The second kappa shape index (κ2) is 2.56. The summed E-state index contributed by atoms with van der Waals surface area (Å²) >= 11 is 1.65. The number of rotatable bonds is 0. The molecular formula is C10H9FS. The van der Waals surface area contributed by atoms with E-state index in [1.807, 2.05) is 19.9 Å². The van der Waals surface area contributed by atoms with E-state index < -0.39 is 0 Å². The lowest BCUT2D eigenvalue weighted by Gasteiger charge is -1.92. The molecule has 0 aliphatic rings. The average molecular weight is 180 g/mol. The first-order valence-corrected chi connectivity index (χ1v) is 4.66. The third-order valence-corrected chi connectivity index (χ3v) is 3.31. The first-order valence-electron chi connectivity index (χ1n) is 3.84. The zero-order valence-corrected chi connectivity index (χ0v) is 7.83. The van der Waals surface area contributed by atoms with Crippen LogP contribution >= 0.6 is 11.3 Å². The third-order valence-electron chi connectivity index (χ3n) is 2.14. The van der Waals surface area contributed by atoms with Crippen LogP contribution in [0.2, 0.25) is 0 Å². The standard InChI is InChI=1S/C10H9FS/c1-6-7(2)12-9-5-3-4-8(11)10(6)9/h3-5H,1-2H3. The van der Waals surface area contributed by atoms with E-state index in [2.05, 4.69) is 0 Å². The summed E-state index contributed by atoms with van der Waals surface area (Å²) < 4.78 is 14.3. The largest absolute Gasteiger partial charge is 0.206 e. The zero-order valence-electron chi connectivity index (χ0n) is 7.02. The fourth-order valence-corrected chi connectivity index (χ4v) is 2.46. The molecule has 1 aromatic carbocycles. The average Bonchev–Trinajstić information content (AvgIpc) is 2.29. The SMILES string of the molecule is Cc1sc2cccc(F)c2c1C. The Bertz CT molecular complexity index is 429. The van der Waals surface area contributed by atoms with Gasteiger partial charge in [0, 0.05) is 15.0 Å². The zero-order chi connectivity index (χ0) is 8.72. The van der Waals surface area contributed by atoms with Gasteiger partial charge in [0.1, 0.15) is 5.82 Å². The van der Waals surface area contributed by atoms with Crippen molar-refractivity contribution in [3.63, 3.8) is 0 Å². The maximum absolute atomic E-state index is 13.3. The molecule has 0 aliphatic heterocycles. The highest BCUT2D eigenvalue weighted by Gasteiger charge is 2.07. The van der Waals surface area contributed by atoms with Crippen molar-refractivity contribution in [2.24, 2.45) is 0 Å². The third kappa shape index (κ3) is 0.950. The van der Waals surface area contributed by atoms with Gasteiger partial charge in [-0.25, -0.2) is 4.39 Å². The predicted molar refractivity (Wildman–Crippen MR) is 51.3 cm³/mol. The summed E-state index contributed by atoms with van der Waals surface area (Å²) in [5.41, 5.74) is 1.08. The monoisotopic (exact) mass is 180 g/mol. The van der Waals surface area contributed by atoms with Gasteiger partial charge >= 0.3 is 0 Å². The quantitative estimate of drug-likeness (QED) is 0.580. The van der Waals surface area contributed by atoms with Gasteiger partial charge in [0.2, 0.25) is 0 Å². The molecule has 0 spiro atoms. The fourth-order valence-electron chi connectivity index (χ4n) is 1.37. The molecule has 2 rings (SSSR count). The van der Waals surface area contributed by atoms with Crippen molar-refractivity contribution in [3.8, 4) is 0 Å². The van der Waals surface area contributed by atoms with Crippen LogP contribution in [0.4, 0.5) is 4.39 Å². The molecule has 0 nitrogen and oxygen atoms in total. The molecular weight excluding hydrogens is 171 g/mol. The minimum atomic E-state index is -0.102. The smallest absolute Gasteiger partial charge is 0.132 e. The van der Waals surface area contributed by atoms with Crippen molar-refractivity contribution in [2.75, 3.05) is 0 Å². The molecule has 0 N–H and O–H groups in total. The molecule has 62 valence electrons. The van der Waals surface area contributed by atoms with Gasteiger partial charge in [-0.1, -0.05) is 6.07 Å². The lowest BCUT2D eigenvalue weighted by atomic mass is 10.1. The Morgan fingerprint density at radius 1 is 1.25 bits per heavy atom. The molecule has 0 radical (unpaired) electrons. The van der Waals surface area contributed by atoms with E-state index in [1.54, 1.807) is 17.4 Å². The van der Waals surface area contributed by atoms with Gasteiger partial charge in [0.15, 0.2) is 0 Å². The lowest BCUT2D eigenvalue weighted by Crippen LogP contribution is -1.76. The van der Waals surface area contributed by atoms with Crippen LogP contribution in [-0.4, -0.2) is 0 Å². The minimum Gasteiger partial charge on any atom is -0.206 e. The van der Waals surface area contributed by atoms with Crippen LogP contribution < -0.4 is 0 Å². The first-order chi connectivity index (χ1) is 5.70. The van der Waals surface area contributed by atoms with Crippen LogP contribution in [0.25, 0.3) is 10.1 Å². The molecule has 1 heterocycles. The van der Waals surface area contributed by atoms with Crippen molar-refractivity contribution in [1.82, 2.24) is 0 Å². The highest BCUT2D eigenvalue weighted by molar-refractivity contribution is 7.19. The van der Waals surface area contributed by atoms with E-state index in [9.17, 15) is 4.39 Å². The maximum Gasteiger partial charge on any atom is 0.132 e. The second-order valence-electron chi connectivity index (χ2n) is 2.90. The Morgan fingerprint density at radius 2 is 2.00 bits per heavy atom. The number of fused-ring (bicyclic) bond motifs is 1. The molecule has 2 heteroatoms. The van der Waals surface area contributed by atoms with E-state index in [-0.39, 0.29) is 5.82 Å². The van der Waals surface area contributed by atoms with Crippen molar-refractivity contribution < 1.29 is 4.39 Å². The van der Waals surface area contributed by atoms with E-state index in [0.717, 1.165) is 15.6 Å². The molecule has 1 aromatic heterocycles. The molecule has 0 bridgehead atoms. The normalized spacial score (nSPS) is 10.9. The minimum absolute atomic E-state index is 0.102. The highest BCUT2D eigenvalue weighted by Crippen LogP contribution is 2.31. The Hall–Kier alpha value is -0.890. The Labute approximate surface area is 74.6 Å². The van der Waals surface area contributed by atoms with Gasteiger partial charge in [-0.3, -0.25) is 0 Å². The van der Waals surface area contributed by atoms with Gasteiger partial charge in [-0.05, 0) is 31.5 Å². The van der Waals surface area contributed by atoms with Crippen molar-refractivity contribution in [3.05, 3.63) is 34.5 Å². The van der Waals surface area contributed by atoms with Crippen LogP contribution in [0.5, 0.6) is 0 Å². The van der Waals surface area contributed by atoms with Crippen LogP contribution in [0.3, 0.4) is 0 Å². The number of thiophene rings is 1. The summed E-state index contributed by atoms with van der Waals surface area (Å²) in [6.45, 7) is 4.00. The topological polar surface area (TPSA) is 0 Å². The molecule has 12 heavy (non-hydrogen) atoms. The van der Waals surface area contributed by atoms with Gasteiger partial charge in [0.25, 0.3) is 0 Å². The van der Waals surface area contributed by atoms with E-state index in [4.69, 9.17) is 0 Å². The molecule has 0 saturated heterocycles. The van der Waals surface area contributed by atoms with Crippen molar-refractivity contribution in [1.29, 1.82) is 0 Å².